The van der Waals surface area contributed by atoms with E-state index in [4.69, 9.17) is 23.7 Å². The van der Waals surface area contributed by atoms with Gasteiger partial charge >= 0.3 is 0 Å². The van der Waals surface area contributed by atoms with Crippen LogP contribution in [0.25, 0.3) is 0 Å². The van der Waals surface area contributed by atoms with Crippen LogP contribution in [0.4, 0.5) is 0 Å². The van der Waals surface area contributed by atoms with Gasteiger partial charge in [-0.2, -0.15) is 0 Å². The maximum atomic E-state index is 10.8. The summed E-state index contributed by atoms with van der Waals surface area (Å²) in [5.74, 6) is -2.10. The molecule has 3 rings (SSSR count). The second kappa shape index (κ2) is 12.0. The molecule has 11 N–H and O–H groups in total. The minimum absolute atomic E-state index is 0.171. The summed E-state index contributed by atoms with van der Waals surface area (Å²) < 4.78 is 27.2. The minimum atomic E-state index is -2.10. The lowest BCUT2D eigenvalue weighted by Crippen LogP contribution is -2.70. The van der Waals surface area contributed by atoms with Crippen LogP contribution in [0.15, 0.2) is 0 Å². The highest BCUT2D eigenvalue weighted by atomic mass is 16.8. The van der Waals surface area contributed by atoms with Gasteiger partial charge in [0.2, 0.25) is 0 Å². The van der Waals surface area contributed by atoms with Crippen LogP contribution in [0.3, 0.4) is 0 Å². The predicted molar refractivity (Wildman–Crippen MR) is 110 cm³/mol. The Hall–Kier alpha value is -0.640. The third-order valence-corrected chi connectivity index (χ3v) is 6.82. The van der Waals surface area contributed by atoms with Crippen molar-refractivity contribution in [1.29, 1.82) is 0 Å². The van der Waals surface area contributed by atoms with Gasteiger partial charge in [0.15, 0.2) is 18.4 Å². The highest BCUT2D eigenvalue weighted by Gasteiger charge is 2.58. The molecule has 0 aromatic carbocycles. The summed E-state index contributed by atoms with van der Waals surface area (Å²) in [5, 5.41) is 111. The molecule has 3 heterocycles. The first kappa shape index (κ1) is 29.9. The third kappa shape index (κ3) is 5.41. The molecule has 0 saturated carbocycles. The fourth-order valence-corrected chi connectivity index (χ4v) is 4.61. The van der Waals surface area contributed by atoms with E-state index in [-0.39, 0.29) is 6.42 Å². The third-order valence-electron chi connectivity index (χ3n) is 6.82. The van der Waals surface area contributed by atoms with Crippen molar-refractivity contribution in [1.82, 2.24) is 0 Å². The van der Waals surface area contributed by atoms with Gasteiger partial charge in [0.1, 0.15) is 73.2 Å². The van der Waals surface area contributed by atoms with Crippen molar-refractivity contribution in [2.75, 3.05) is 19.8 Å². The van der Waals surface area contributed by atoms with E-state index >= 15 is 0 Å². The van der Waals surface area contributed by atoms with Crippen molar-refractivity contribution in [2.24, 2.45) is 0 Å². The van der Waals surface area contributed by atoms with E-state index in [1.165, 1.54) is 6.92 Å². The Morgan fingerprint density at radius 1 is 0.639 bits per heavy atom. The standard InChI is InChI=1S/C20H36O16/c1-2-20(17(30)12(27)9(24)6(3-21)35-20)36-16-8(5-23)33-19(14(29)11(16)26)34-15-7(4-22)32-18(31)13(28)10(15)25/h6-19,21-31H,2-5H2,1H3/t6-,7-,8-,9-,10-,11-,12+,13-,14-,15-,16-,17-,18+,19?,20?/m1/s1. The Labute approximate surface area is 205 Å². The molecule has 0 radical (unpaired) electrons. The van der Waals surface area contributed by atoms with Gasteiger partial charge in [-0.05, 0) is 0 Å². The molecule has 36 heavy (non-hydrogen) atoms. The van der Waals surface area contributed by atoms with Gasteiger partial charge in [-0.1, -0.05) is 6.92 Å². The highest BCUT2D eigenvalue weighted by molar-refractivity contribution is 5.00. The molecule has 16 heteroatoms. The van der Waals surface area contributed by atoms with E-state index in [9.17, 15) is 56.2 Å². The first-order valence-corrected chi connectivity index (χ1v) is 11.5. The summed E-state index contributed by atoms with van der Waals surface area (Å²) in [6.45, 7) is -0.860. The van der Waals surface area contributed by atoms with Gasteiger partial charge in [0.25, 0.3) is 0 Å². The fourth-order valence-electron chi connectivity index (χ4n) is 4.61. The van der Waals surface area contributed by atoms with Crippen molar-refractivity contribution in [3.8, 4) is 0 Å². The Kier molecular flexibility index (Phi) is 10.0. The average Bonchev–Trinajstić information content (AvgIpc) is 2.88. The van der Waals surface area contributed by atoms with Crippen LogP contribution in [-0.2, 0) is 23.7 Å². The molecule has 3 saturated heterocycles. The van der Waals surface area contributed by atoms with Crippen molar-refractivity contribution in [3.63, 3.8) is 0 Å². The number of hydrogen-bond donors (Lipinski definition) is 11. The van der Waals surface area contributed by atoms with Crippen molar-refractivity contribution in [2.45, 2.75) is 105 Å². The van der Waals surface area contributed by atoms with Crippen LogP contribution < -0.4 is 0 Å². The largest absolute Gasteiger partial charge is 0.394 e. The molecule has 0 aromatic heterocycles. The number of rotatable bonds is 8. The lowest BCUT2D eigenvalue weighted by atomic mass is 9.90. The highest BCUT2D eigenvalue weighted by Crippen LogP contribution is 2.38. The first-order chi connectivity index (χ1) is 17.0. The van der Waals surface area contributed by atoms with Crippen LogP contribution in [0, 0.1) is 0 Å². The lowest BCUT2D eigenvalue weighted by molar-refractivity contribution is -0.410. The second-order valence-electron chi connectivity index (χ2n) is 9.05. The van der Waals surface area contributed by atoms with Crippen LogP contribution in [0.2, 0.25) is 0 Å². The van der Waals surface area contributed by atoms with Crippen LogP contribution in [-0.4, -0.2) is 168 Å². The van der Waals surface area contributed by atoms with Crippen molar-refractivity contribution >= 4 is 0 Å². The maximum Gasteiger partial charge on any atom is 0.197 e. The van der Waals surface area contributed by atoms with Crippen LogP contribution in [0.5, 0.6) is 0 Å². The monoisotopic (exact) mass is 532 g/mol. The molecule has 3 fully saturated rings. The predicted octanol–water partition coefficient (Wildman–Crippen LogP) is -6.79. The first-order valence-electron chi connectivity index (χ1n) is 11.5. The zero-order valence-electron chi connectivity index (χ0n) is 19.4. The number of hydrogen-bond acceptors (Lipinski definition) is 16. The normalized spacial score (nSPS) is 52.3. The van der Waals surface area contributed by atoms with Gasteiger partial charge in [-0.3, -0.25) is 0 Å². The van der Waals surface area contributed by atoms with Crippen LogP contribution >= 0.6 is 0 Å². The van der Waals surface area contributed by atoms with E-state index in [2.05, 4.69) is 0 Å². The lowest BCUT2D eigenvalue weighted by Gasteiger charge is -2.52. The maximum absolute atomic E-state index is 10.8. The number of aliphatic hydroxyl groups is 11. The fraction of sp³-hybridized carbons (Fsp3) is 1.00. The summed E-state index contributed by atoms with van der Waals surface area (Å²) in [6, 6.07) is 0. The summed E-state index contributed by atoms with van der Waals surface area (Å²) in [4.78, 5) is 0. The molecule has 16 nitrogen and oxygen atoms in total. The summed E-state index contributed by atoms with van der Waals surface area (Å²) in [5.41, 5.74) is 0. The molecule has 0 aliphatic carbocycles. The quantitative estimate of drug-likeness (QED) is 0.139. The van der Waals surface area contributed by atoms with E-state index in [1.54, 1.807) is 0 Å². The molecule has 15 atom stereocenters. The molecule has 3 aliphatic heterocycles. The summed E-state index contributed by atoms with van der Waals surface area (Å²) in [6.07, 6.45) is -23.8. The Morgan fingerprint density at radius 2 is 1.19 bits per heavy atom. The molecule has 2 unspecified atom stereocenters. The molecule has 212 valence electrons. The Morgan fingerprint density at radius 3 is 1.75 bits per heavy atom. The second-order valence-corrected chi connectivity index (χ2v) is 9.05. The topological polar surface area (TPSA) is 269 Å². The Bertz CT molecular complexity index is 695. The van der Waals surface area contributed by atoms with Gasteiger partial charge in [0.05, 0.1) is 19.8 Å². The Balaban J connectivity index is 1.80. The average molecular weight is 532 g/mol. The van der Waals surface area contributed by atoms with Gasteiger partial charge in [-0.25, -0.2) is 0 Å². The molecular weight excluding hydrogens is 496 g/mol. The number of ether oxygens (including phenoxy) is 5. The minimum Gasteiger partial charge on any atom is -0.394 e. The molecule has 3 aliphatic rings. The molecular formula is C20H36O16. The zero-order valence-corrected chi connectivity index (χ0v) is 19.4. The summed E-state index contributed by atoms with van der Waals surface area (Å²) in [7, 11) is 0. The van der Waals surface area contributed by atoms with Gasteiger partial charge < -0.3 is 79.9 Å². The van der Waals surface area contributed by atoms with Crippen LogP contribution in [0.1, 0.15) is 13.3 Å². The van der Waals surface area contributed by atoms with E-state index < -0.39 is 111 Å². The molecule has 0 aromatic rings. The molecule has 0 spiro atoms. The van der Waals surface area contributed by atoms with E-state index in [0.717, 1.165) is 0 Å². The van der Waals surface area contributed by atoms with E-state index in [1.807, 2.05) is 0 Å². The van der Waals surface area contributed by atoms with Gasteiger partial charge in [-0.15, -0.1) is 0 Å². The molecule has 0 bridgehead atoms. The molecule has 0 amide bonds. The SMILES string of the molecule is CCC1(O[C@H]2[C@H](O)[C@@H](O)C(O[C@H]3[C@H](O)[C@@H](O)[C@@H](O)O[C@@H]3CO)O[C@@H]2CO)O[C@H](CO)[C@@H](O)[C@H](O)[C@H]1O. The smallest absolute Gasteiger partial charge is 0.197 e. The summed E-state index contributed by atoms with van der Waals surface area (Å²) >= 11 is 0. The number of aliphatic hydroxyl groups excluding tert-OH is 11. The van der Waals surface area contributed by atoms with Crippen molar-refractivity contribution in [3.05, 3.63) is 0 Å². The zero-order chi connectivity index (χ0) is 26.9. The van der Waals surface area contributed by atoms with Gasteiger partial charge in [0, 0.05) is 6.42 Å². The van der Waals surface area contributed by atoms with Crippen molar-refractivity contribution < 1.29 is 79.9 Å². The van der Waals surface area contributed by atoms with E-state index in [0.29, 0.717) is 0 Å².